The molecule has 1 atom stereocenters. The molecule has 0 fully saturated rings. The van der Waals surface area contributed by atoms with E-state index in [1.807, 2.05) is 5.32 Å². The molecule has 5 nitrogen and oxygen atoms in total. The Bertz CT molecular complexity index is 491. The third kappa shape index (κ3) is 6.96. The Morgan fingerprint density at radius 1 is 1.23 bits per heavy atom. The molecule has 0 spiro atoms. The molecular weight excluding hydrogens is 303 g/mol. The summed E-state index contributed by atoms with van der Waals surface area (Å²) < 4.78 is 42.8. The summed E-state index contributed by atoms with van der Waals surface area (Å²) in [5.74, 6) is -3.24. The van der Waals surface area contributed by atoms with Crippen molar-refractivity contribution in [3.8, 4) is 0 Å². The normalized spacial score (nSPS) is 12.5. The number of benzene rings is 1. The highest BCUT2D eigenvalue weighted by atomic mass is 19.4. The van der Waals surface area contributed by atoms with Gasteiger partial charge >= 0.3 is 18.2 Å². The van der Waals surface area contributed by atoms with Crippen molar-refractivity contribution in [1.82, 2.24) is 5.32 Å². The van der Waals surface area contributed by atoms with Crippen molar-refractivity contribution in [3.05, 3.63) is 35.9 Å². The highest BCUT2D eigenvalue weighted by Crippen LogP contribution is 2.29. The van der Waals surface area contributed by atoms with E-state index in [-0.39, 0.29) is 6.61 Å². The van der Waals surface area contributed by atoms with Gasteiger partial charge in [-0.1, -0.05) is 30.3 Å². The molecule has 0 heterocycles. The predicted octanol–water partition coefficient (Wildman–Crippen LogP) is 2.96. The van der Waals surface area contributed by atoms with Gasteiger partial charge in [0.05, 0.1) is 5.92 Å². The zero-order valence-corrected chi connectivity index (χ0v) is 11.6. The summed E-state index contributed by atoms with van der Waals surface area (Å²) in [5.41, 5.74) is 0.705. The van der Waals surface area contributed by atoms with Gasteiger partial charge in [0.25, 0.3) is 0 Å². The molecule has 2 N–H and O–H groups in total. The van der Waals surface area contributed by atoms with E-state index in [1.165, 1.54) is 0 Å². The molecular formula is C14H16F3NO4. The van der Waals surface area contributed by atoms with Crippen molar-refractivity contribution < 1.29 is 32.6 Å². The average Bonchev–Trinajstić information content (AvgIpc) is 2.44. The number of hydrogen-bond acceptors (Lipinski definition) is 3. The summed E-state index contributed by atoms with van der Waals surface area (Å²) in [6, 6.07) is 8.67. The molecule has 1 rings (SSSR count). The summed E-state index contributed by atoms with van der Waals surface area (Å²) in [6.45, 7) is -0.775. The van der Waals surface area contributed by atoms with E-state index in [2.05, 4.69) is 0 Å². The Morgan fingerprint density at radius 3 is 2.41 bits per heavy atom. The smallest absolute Gasteiger partial charge is 0.407 e. The number of alkyl halides is 3. The van der Waals surface area contributed by atoms with Gasteiger partial charge in [0.2, 0.25) is 0 Å². The summed E-state index contributed by atoms with van der Waals surface area (Å²) in [6.07, 6.45) is -6.78. The van der Waals surface area contributed by atoms with Crippen LogP contribution in [0, 0.1) is 5.92 Å². The van der Waals surface area contributed by atoms with Crippen LogP contribution in [-0.2, 0) is 16.1 Å². The number of carbonyl (C=O) groups is 2. The van der Waals surface area contributed by atoms with Gasteiger partial charge in [0.15, 0.2) is 0 Å². The second-order valence-corrected chi connectivity index (χ2v) is 4.61. The van der Waals surface area contributed by atoms with Crippen molar-refractivity contribution >= 4 is 12.1 Å². The number of carbonyl (C=O) groups excluding carboxylic acids is 1. The van der Waals surface area contributed by atoms with Crippen LogP contribution >= 0.6 is 0 Å². The van der Waals surface area contributed by atoms with Gasteiger partial charge in [-0.3, -0.25) is 4.79 Å². The summed E-state index contributed by atoms with van der Waals surface area (Å²) in [7, 11) is 0. The van der Waals surface area contributed by atoms with Crippen LogP contribution in [0.25, 0.3) is 0 Å². The second-order valence-electron chi connectivity index (χ2n) is 4.61. The van der Waals surface area contributed by atoms with Gasteiger partial charge < -0.3 is 15.2 Å². The predicted molar refractivity (Wildman–Crippen MR) is 71.0 cm³/mol. The number of rotatable bonds is 7. The van der Waals surface area contributed by atoms with Gasteiger partial charge in [-0.05, 0) is 12.0 Å². The number of ether oxygens (including phenoxy) is 1. The first-order valence-electron chi connectivity index (χ1n) is 6.52. The third-order valence-corrected chi connectivity index (χ3v) is 2.88. The fourth-order valence-corrected chi connectivity index (χ4v) is 1.66. The molecule has 122 valence electrons. The Kier molecular flexibility index (Phi) is 6.68. The van der Waals surface area contributed by atoms with E-state index in [1.54, 1.807) is 30.3 Å². The Morgan fingerprint density at radius 2 is 1.86 bits per heavy atom. The molecule has 8 heteroatoms. The maximum absolute atomic E-state index is 12.7. The summed E-state index contributed by atoms with van der Waals surface area (Å²) >= 11 is 0. The maximum Gasteiger partial charge on any atom is 0.407 e. The molecule has 0 radical (unpaired) electrons. The Hall–Kier alpha value is -2.25. The van der Waals surface area contributed by atoms with Crippen molar-refractivity contribution in [2.75, 3.05) is 6.54 Å². The average molecular weight is 319 g/mol. The van der Waals surface area contributed by atoms with Crippen LogP contribution in [0.3, 0.4) is 0 Å². The molecule has 0 aliphatic heterocycles. The molecule has 0 aromatic heterocycles. The highest BCUT2D eigenvalue weighted by Gasteiger charge is 2.39. The van der Waals surface area contributed by atoms with Crippen molar-refractivity contribution in [2.45, 2.75) is 25.6 Å². The number of amides is 1. The van der Waals surface area contributed by atoms with Crippen LogP contribution in [0.5, 0.6) is 0 Å². The number of hydrogen-bond donors (Lipinski definition) is 2. The van der Waals surface area contributed by atoms with Crippen LogP contribution in [0.2, 0.25) is 0 Å². The van der Waals surface area contributed by atoms with Crippen LogP contribution in [0.1, 0.15) is 18.4 Å². The van der Waals surface area contributed by atoms with E-state index in [0.29, 0.717) is 5.56 Å². The van der Waals surface area contributed by atoms with E-state index < -0.39 is 43.5 Å². The first kappa shape index (κ1) is 17.8. The van der Waals surface area contributed by atoms with Gasteiger partial charge in [0.1, 0.15) is 6.61 Å². The van der Waals surface area contributed by atoms with E-state index in [0.717, 1.165) is 0 Å². The Balaban J connectivity index is 2.40. The number of alkyl carbamates (subject to hydrolysis) is 1. The van der Waals surface area contributed by atoms with Crippen LogP contribution < -0.4 is 5.32 Å². The summed E-state index contributed by atoms with van der Waals surface area (Å²) in [4.78, 5) is 21.7. The molecule has 0 bridgehead atoms. The minimum Gasteiger partial charge on any atom is -0.481 e. The van der Waals surface area contributed by atoms with Gasteiger partial charge in [-0.2, -0.15) is 13.2 Å². The molecule has 0 aliphatic carbocycles. The lowest BCUT2D eigenvalue weighted by molar-refractivity contribution is -0.175. The molecule has 0 aliphatic rings. The number of aliphatic carboxylic acids is 1. The molecule has 0 saturated heterocycles. The van der Waals surface area contributed by atoms with Gasteiger partial charge in [-0.25, -0.2) is 4.79 Å². The number of halogens is 3. The van der Waals surface area contributed by atoms with Gasteiger partial charge in [-0.15, -0.1) is 0 Å². The van der Waals surface area contributed by atoms with E-state index >= 15 is 0 Å². The molecule has 0 saturated carbocycles. The lowest BCUT2D eigenvalue weighted by atomic mass is 10.0. The lowest BCUT2D eigenvalue weighted by Gasteiger charge is -2.19. The fourth-order valence-electron chi connectivity index (χ4n) is 1.66. The number of carboxylic acids is 1. The fraction of sp³-hybridized carbons (Fsp3) is 0.429. The van der Waals surface area contributed by atoms with Crippen molar-refractivity contribution in [1.29, 1.82) is 0 Å². The van der Waals surface area contributed by atoms with Gasteiger partial charge in [0, 0.05) is 13.0 Å². The quantitative estimate of drug-likeness (QED) is 0.810. The van der Waals surface area contributed by atoms with Crippen LogP contribution in [-0.4, -0.2) is 29.9 Å². The topological polar surface area (TPSA) is 75.6 Å². The molecule has 22 heavy (non-hydrogen) atoms. The molecule has 1 amide bonds. The standard InChI is InChI=1S/C14H16F3NO4/c15-14(16,17)11(6-7-12(19)20)8-18-13(21)22-9-10-4-2-1-3-5-10/h1-5,11H,6-9H2,(H,18,21)(H,19,20). The third-order valence-electron chi connectivity index (χ3n) is 2.88. The van der Waals surface area contributed by atoms with E-state index in [4.69, 9.17) is 9.84 Å². The highest BCUT2D eigenvalue weighted by molar-refractivity contribution is 5.67. The minimum atomic E-state index is -4.58. The van der Waals surface area contributed by atoms with Crippen molar-refractivity contribution in [3.63, 3.8) is 0 Å². The zero-order valence-electron chi connectivity index (χ0n) is 11.6. The SMILES string of the molecule is O=C(O)CCC(CNC(=O)OCc1ccccc1)C(F)(F)F. The van der Waals surface area contributed by atoms with Crippen molar-refractivity contribution in [2.24, 2.45) is 5.92 Å². The first-order chi connectivity index (χ1) is 10.3. The second kappa shape index (κ2) is 8.26. The molecule has 1 unspecified atom stereocenters. The monoisotopic (exact) mass is 319 g/mol. The van der Waals surface area contributed by atoms with Crippen LogP contribution in [0.15, 0.2) is 30.3 Å². The maximum atomic E-state index is 12.7. The number of nitrogens with one attached hydrogen (secondary N) is 1. The lowest BCUT2D eigenvalue weighted by Crippen LogP contribution is -2.37. The molecule has 1 aromatic rings. The number of carboxylic acid groups (broad SMARTS) is 1. The zero-order chi connectivity index (χ0) is 16.6. The Labute approximate surface area is 125 Å². The minimum absolute atomic E-state index is 0.0571. The molecule has 1 aromatic carbocycles. The van der Waals surface area contributed by atoms with Crippen LogP contribution in [0.4, 0.5) is 18.0 Å². The largest absolute Gasteiger partial charge is 0.481 e. The first-order valence-corrected chi connectivity index (χ1v) is 6.52. The van der Waals surface area contributed by atoms with E-state index in [9.17, 15) is 22.8 Å². The summed E-state index contributed by atoms with van der Waals surface area (Å²) in [5, 5.41) is 10.4.